The molecule has 1 N–H and O–H groups in total. The van der Waals surface area contributed by atoms with Gasteiger partial charge in [-0.1, -0.05) is 24.3 Å². The highest BCUT2D eigenvalue weighted by Gasteiger charge is 2.11. The Hall–Kier alpha value is -2.40. The smallest absolute Gasteiger partial charge is 0.344 e. The first-order valence-corrected chi connectivity index (χ1v) is 6.95. The fraction of sp³-hybridized carbons (Fsp3) is 0.0667. The number of carbonyl (C=O) groups excluding carboxylic acids is 1. The Kier molecular flexibility index (Phi) is 3.35. The van der Waals surface area contributed by atoms with Crippen LogP contribution in [0.15, 0.2) is 57.1 Å². The molecule has 2 aromatic heterocycles. The summed E-state index contributed by atoms with van der Waals surface area (Å²) in [5.41, 5.74) is -0.496. The molecule has 5 heteroatoms. The molecule has 3 rings (SSSR count). The average Bonchev–Trinajstić information content (AvgIpc) is 2.98. The molecule has 0 atom stereocenters. The molecule has 1 amide bonds. The summed E-state index contributed by atoms with van der Waals surface area (Å²) in [4.78, 5) is 24.8. The minimum absolute atomic E-state index is 0.0326. The van der Waals surface area contributed by atoms with Gasteiger partial charge in [-0.05, 0) is 29.0 Å². The van der Waals surface area contributed by atoms with Crippen LogP contribution in [-0.4, -0.2) is 5.91 Å². The lowest BCUT2D eigenvalue weighted by molar-refractivity contribution is 0.0919. The van der Waals surface area contributed by atoms with Gasteiger partial charge in [0, 0.05) is 4.88 Å². The molecular formula is C15H11NO3S. The van der Waals surface area contributed by atoms with Crippen molar-refractivity contribution in [3.63, 3.8) is 0 Å². The molecule has 3 aromatic rings. The fourth-order valence-corrected chi connectivity index (χ4v) is 2.56. The maximum Gasteiger partial charge on any atom is 0.344 e. The molecule has 100 valence electrons. The van der Waals surface area contributed by atoms with Crippen LogP contribution in [-0.2, 0) is 6.54 Å². The van der Waals surface area contributed by atoms with Gasteiger partial charge >= 0.3 is 5.63 Å². The number of benzene rings is 1. The van der Waals surface area contributed by atoms with E-state index in [-0.39, 0.29) is 11.7 Å². The summed E-state index contributed by atoms with van der Waals surface area (Å²) in [5.74, 6) is -0.355. The molecular weight excluding hydrogens is 274 g/mol. The predicted molar refractivity (Wildman–Crippen MR) is 78.0 cm³/mol. The van der Waals surface area contributed by atoms with Gasteiger partial charge < -0.3 is 9.73 Å². The average molecular weight is 285 g/mol. The van der Waals surface area contributed by atoms with Crippen molar-refractivity contribution >= 4 is 28.0 Å². The zero-order chi connectivity index (χ0) is 13.9. The molecule has 0 saturated carbocycles. The minimum atomic E-state index is -0.496. The van der Waals surface area contributed by atoms with E-state index in [4.69, 9.17) is 4.42 Å². The van der Waals surface area contributed by atoms with Crippen LogP contribution >= 0.6 is 11.3 Å². The molecule has 0 aliphatic carbocycles. The van der Waals surface area contributed by atoms with Crippen molar-refractivity contribution < 1.29 is 9.21 Å². The fourth-order valence-electron chi connectivity index (χ4n) is 1.91. The number of hydrogen-bond donors (Lipinski definition) is 1. The van der Waals surface area contributed by atoms with E-state index in [1.165, 1.54) is 0 Å². The predicted octanol–water partition coefficient (Wildman–Crippen LogP) is 2.78. The quantitative estimate of drug-likeness (QED) is 0.805. The van der Waals surface area contributed by atoms with Gasteiger partial charge in [-0.2, -0.15) is 0 Å². The lowest BCUT2D eigenvalue weighted by atomic mass is 10.1. The molecule has 0 unspecified atom stereocenters. The molecule has 1 aromatic carbocycles. The van der Waals surface area contributed by atoms with Gasteiger partial charge in [0.15, 0.2) is 5.76 Å². The highest BCUT2D eigenvalue weighted by Crippen LogP contribution is 2.12. The Labute approximate surface area is 118 Å². The van der Waals surface area contributed by atoms with Crippen LogP contribution in [0.5, 0.6) is 0 Å². The van der Waals surface area contributed by atoms with Crippen molar-refractivity contribution in [1.29, 1.82) is 0 Å². The van der Waals surface area contributed by atoms with Crippen LogP contribution in [0, 0.1) is 0 Å². The molecule has 0 bridgehead atoms. The van der Waals surface area contributed by atoms with E-state index < -0.39 is 5.63 Å². The van der Waals surface area contributed by atoms with Crippen LogP contribution in [0.4, 0.5) is 0 Å². The van der Waals surface area contributed by atoms with Gasteiger partial charge in [0.05, 0.1) is 11.9 Å². The largest absolute Gasteiger partial charge is 0.417 e. The Morgan fingerprint density at radius 2 is 2.05 bits per heavy atom. The molecule has 0 spiro atoms. The lowest BCUT2D eigenvalue weighted by Gasteiger charge is -2.03. The maximum atomic E-state index is 12.0. The highest BCUT2D eigenvalue weighted by atomic mass is 32.1. The summed E-state index contributed by atoms with van der Waals surface area (Å²) in [7, 11) is 0. The number of rotatable bonds is 3. The SMILES string of the molecule is O=C(NCc1cccs1)c1cc2ccccc2c(=O)o1. The molecule has 0 aliphatic rings. The Morgan fingerprint density at radius 3 is 2.85 bits per heavy atom. The summed E-state index contributed by atoms with van der Waals surface area (Å²) in [6.07, 6.45) is 0. The maximum absolute atomic E-state index is 12.0. The molecule has 0 fully saturated rings. The van der Waals surface area contributed by atoms with Gasteiger partial charge in [0.25, 0.3) is 5.91 Å². The van der Waals surface area contributed by atoms with E-state index in [0.717, 1.165) is 4.88 Å². The first-order valence-electron chi connectivity index (χ1n) is 6.07. The van der Waals surface area contributed by atoms with Crippen molar-refractivity contribution in [2.24, 2.45) is 0 Å². The third kappa shape index (κ3) is 2.48. The second-order valence-electron chi connectivity index (χ2n) is 4.25. The minimum Gasteiger partial charge on any atom is -0.417 e. The Balaban J connectivity index is 1.86. The van der Waals surface area contributed by atoms with E-state index >= 15 is 0 Å². The van der Waals surface area contributed by atoms with Crippen molar-refractivity contribution in [1.82, 2.24) is 5.32 Å². The van der Waals surface area contributed by atoms with Crippen molar-refractivity contribution in [3.8, 4) is 0 Å². The summed E-state index contributed by atoms with van der Waals surface area (Å²) in [6.45, 7) is 0.424. The van der Waals surface area contributed by atoms with E-state index in [0.29, 0.717) is 17.3 Å². The molecule has 0 saturated heterocycles. The molecule has 4 nitrogen and oxygen atoms in total. The van der Waals surface area contributed by atoms with Crippen LogP contribution in [0.1, 0.15) is 15.4 Å². The second-order valence-corrected chi connectivity index (χ2v) is 5.28. The Morgan fingerprint density at radius 1 is 1.20 bits per heavy atom. The number of fused-ring (bicyclic) bond motifs is 1. The van der Waals surface area contributed by atoms with Gasteiger partial charge in [-0.15, -0.1) is 11.3 Å². The van der Waals surface area contributed by atoms with E-state index in [2.05, 4.69) is 5.32 Å². The zero-order valence-electron chi connectivity index (χ0n) is 10.5. The lowest BCUT2D eigenvalue weighted by Crippen LogP contribution is -2.23. The Bertz CT molecular complexity index is 805. The van der Waals surface area contributed by atoms with E-state index in [9.17, 15) is 9.59 Å². The number of carbonyl (C=O) groups is 1. The monoisotopic (exact) mass is 285 g/mol. The summed E-state index contributed by atoms with van der Waals surface area (Å²) in [6, 6.07) is 12.5. The van der Waals surface area contributed by atoms with Crippen LogP contribution in [0.25, 0.3) is 10.8 Å². The number of thiophene rings is 1. The summed E-state index contributed by atoms with van der Waals surface area (Å²) >= 11 is 1.56. The summed E-state index contributed by atoms with van der Waals surface area (Å²) < 4.78 is 5.06. The molecule has 20 heavy (non-hydrogen) atoms. The molecule has 0 radical (unpaired) electrons. The van der Waals surface area contributed by atoms with E-state index in [1.54, 1.807) is 35.6 Å². The highest BCUT2D eigenvalue weighted by molar-refractivity contribution is 7.09. The normalized spacial score (nSPS) is 10.6. The number of hydrogen-bond acceptors (Lipinski definition) is 4. The number of amides is 1. The summed E-state index contributed by atoms with van der Waals surface area (Å²) in [5, 5.41) is 5.85. The van der Waals surface area contributed by atoms with Crippen molar-refractivity contribution in [2.75, 3.05) is 0 Å². The van der Waals surface area contributed by atoms with Crippen molar-refractivity contribution in [2.45, 2.75) is 6.54 Å². The zero-order valence-corrected chi connectivity index (χ0v) is 11.3. The molecule has 2 heterocycles. The topological polar surface area (TPSA) is 59.3 Å². The van der Waals surface area contributed by atoms with Crippen LogP contribution < -0.4 is 10.9 Å². The van der Waals surface area contributed by atoms with Gasteiger partial charge in [0.1, 0.15) is 0 Å². The first kappa shape index (κ1) is 12.6. The first-order chi connectivity index (χ1) is 9.74. The van der Waals surface area contributed by atoms with Gasteiger partial charge in [-0.3, -0.25) is 4.79 Å². The standard InChI is InChI=1S/C15H11NO3S/c17-14(16-9-11-5-3-7-20-11)13-8-10-4-1-2-6-12(10)15(18)19-13/h1-8H,9H2,(H,16,17). The molecule has 0 aliphatic heterocycles. The van der Waals surface area contributed by atoms with Crippen molar-refractivity contribution in [3.05, 3.63) is 68.9 Å². The third-order valence-electron chi connectivity index (χ3n) is 2.90. The van der Waals surface area contributed by atoms with Crippen LogP contribution in [0.3, 0.4) is 0 Å². The van der Waals surface area contributed by atoms with Gasteiger partial charge in [0.2, 0.25) is 0 Å². The van der Waals surface area contributed by atoms with E-state index in [1.807, 2.05) is 23.6 Å². The van der Waals surface area contributed by atoms with Gasteiger partial charge in [-0.25, -0.2) is 4.79 Å². The number of nitrogens with one attached hydrogen (secondary N) is 1. The van der Waals surface area contributed by atoms with Crippen LogP contribution in [0.2, 0.25) is 0 Å². The second kappa shape index (κ2) is 5.30. The third-order valence-corrected chi connectivity index (χ3v) is 3.77.